The molecule has 1 aromatic carbocycles. The van der Waals surface area contributed by atoms with Crippen molar-refractivity contribution in [1.29, 1.82) is 0 Å². The highest BCUT2D eigenvalue weighted by Gasteiger charge is 1.88. The van der Waals surface area contributed by atoms with Crippen molar-refractivity contribution in [3.8, 4) is 17.6 Å². The van der Waals surface area contributed by atoms with E-state index in [0.29, 0.717) is 6.54 Å². The van der Waals surface area contributed by atoms with Gasteiger partial charge in [0.1, 0.15) is 5.75 Å². The SMILES string of the molecule is COc1ccc(C#CCCN)cc1. The van der Waals surface area contributed by atoms with E-state index in [2.05, 4.69) is 11.8 Å². The first kappa shape index (κ1) is 9.63. The number of rotatable bonds is 2. The van der Waals surface area contributed by atoms with Gasteiger partial charge in [-0.05, 0) is 24.3 Å². The van der Waals surface area contributed by atoms with Crippen LogP contribution < -0.4 is 10.5 Å². The zero-order chi connectivity index (χ0) is 9.52. The molecule has 13 heavy (non-hydrogen) atoms. The van der Waals surface area contributed by atoms with E-state index in [1.807, 2.05) is 24.3 Å². The van der Waals surface area contributed by atoms with Gasteiger partial charge in [0.2, 0.25) is 0 Å². The van der Waals surface area contributed by atoms with Crippen LogP contribution >= 0.6 is 0 Å². The molecule has 0 fully saturated rings. The average molecular weight is 175 g/mol. The smallest absolute Gasteiger partial charge is 0.118 e. The summed E-state index contributed by atoms with van der Waals surface area (Å²) in [6.07, 6.45) is 0.742. The third kappa shape index (κ3) is 3.18. The van der Waals surface area contributed by atoms with Crippen LogP contribution in [-0.4, -0.2) is 13.7 Å². The Kier molecular flexibility index (Phi) is 3.87. The van der Waals surface area contributed by atoms with E-state index < -0.39 is 0 Å². The maximum absolute atomic E-state index is 5.32. The van der Waals surface area contributed by atoms with Gasteiger partial charge in [-0.1, -0.05) is 11.8 Å². The predicted octanol–water partition coefficient (Wildman–Crippen LogP) is 1.40. The Labute approximate surface area is 78.7 Å². The van der Waals surface area contributed by atoms with Crippen molar-refractivity contribution in [2.75, 3.05) is 13.7 Å². The second-order valence-electron chi connectivity index (χ2n) is 2.57. The maximum Gasteiger partial charge on any atom is 0.118 e. The van der Waals surface area contributed by atoms with Crippen LogP contribution in [0, 0.1) is 11.8 Å². The molecule has 0 saturated carbocycles. The summed E-state index contributed by atoms with van der Waals surface area (Å²) in [6.45, 7) is 0.614. The molecule has 0 heterocycles. The molecule has 1 aromatic rings. The molecule has 0 aliphatic heterocycles. The number of ether oxygens (including phenoxy) is 1. The van der Waals surface area contributed by atoms with E-state index in [0.717, 1.165) is 17.7 Å². The van der Waals surface area contributed by atoms with Crippen molar-refractivity contribution >= 4 is 0 Å². The fourth-order valence-corrected chi connectivity index (χ4v) is 0.911. The largest absolute Gasteiger partial charge is 0.497 e. The van der Waals surface area contributed by atoms with E-state index in [-0.39, 0.29) is 0 Å². The summed E-state index contributed by atoms with van der Waals surface area (Å²) in [7, 11) is 1.65. The molecule has 0 saturated heterocycles. The summed E-state index contributed by atoms with van der Waals surface area (Å²) in [6, 6.07) is 7.66. The van der Waals surface area contributed by atoms with E-state index in [9.17, 15) is 0 Å². The zero-order valence-electron chi connectivity index (χ0n) is 7.71. The molecule has 0 unspecified atom stereocenters. The summed E-state index contributed by atoms with van der Waals surface area (Å²) in [5.41, 5.74) is 6.31. The first-order valence-electron chi connectivity index (χ1n) is 4.20. The molecule has 0 aliphatic rings. The number of hydrogen-bond donors (Lipinski definition) is 1. The average Bonchev–Trinajstić information content (AvgIpc) is 2.19. The fourth-order valence-electron chi connectivity index (χ4n) is 0.911. The van der Waals surface area contributed by atoms with E-state index in [1.54, 1.807) is 7.11 Å². The van der Waals surface area contributed by atoms with Gasteiger partial charge in [-0.2, -0.15) is 0 Å². The lowest BCUT2D eigenvalue weighted by molar-refractivity contribution is 0.415. The maximum atomic E-state index is 5.32. The van der Waals surface area contributed by atoms with Crippen LogP contribution in [0.5, 0.6) is 5.75 Å². The summed E-state index contributed by atoms with van der Waals surface area (Å²) < 4.78 is 5.03. The van der Waals surface area contributed by atoms with Crippen LogP contribution in [0.2, 0.25) is 0 Å². The third-order valence-electron chi connectivity index (χ3n) is 1.59. The van der Waals surface area contributed by atoms with Crippen LogP contribution in [-0.2, 0) is 0 Å². The minimum atomic E-state index is 0.614. The Balaban J connectivity index is 2.65. The Morgan fingerprint density at radius 2 is 2.00 bits per heavy atom. The minimum absolute atomic E-state index is 0.614. The standard InChI is InChI=1S/C11H13NO/c1-13-11-7-5-10(6-8-11)4-2-3-9-12/h5-8H,3,9,12H2,1H3. The molecule has 2 nitrogen and oxygen atoms in total. The van der Waals surface area contributed by atoms with Gasteiger partial charge in [0.05, 0.1) is 7.11 Å². The Morgan fingerprint density at radius 1 is 1.31 bits per heavy atom. The molecule has 0 bridgehead atoms. The van der Waals surface area contributed by atoms with Crippen LogP contribution in [0.15, 0.2) is 24.3 Å². The summed E-state index contributed by atoms with van der Waals surface area (Å²) in [5.74, 6) is 6.84. The normalized spacial score (nSPS) is 8.77. The van der Waals surface area contributed by atoms with Crippen molar-refractivity contribution < 1.29 is 4.74 Å². The summed E-state index contributed by atoms with van der Waals surface area (Å²) in [5, 5.41) is 0. The van der Waals surface area contributed by atoms with Crippen molar-refractivity contribution in [2.24, 2.45) is 5.73 Å². The number of benzene rings is 1. The van der Waals surface area contributed by atoms with Gasteiger partial charge in [-0.15, -0.1) is 0 Å². The second kappa shape index (κ2) is 5.23. The molecule has 0 spiro atoms. The molecule has 0 atom stereocenters. The molecule has 0 radical (unpaired) electrons. The van der Waals surface area contributed by atoms with Gasteiger partial charge >= 0.3 is 0 Å². The van der Waals surface area contributed by atoms with E-state index in [4.69, 9.17) is 10.5 Å². The first-order chi connectivity index (χ1) is 6.36. The lowest BCUT2D eigenvalue weighted by Gasteiger charge is -1.97. The lowest BCUT2D eigenvalue weighted by atomic mass is 10.2. The van der Waals surface area contributed by atoms with Gasteiger partial charge in [-0.25, -0.2) is 0 Å². The van der Waals surface area contributed by atoms with Crippen molar-refractivity contribution in [3.05, 3.63) is 29.8 Å². The monoisotopic (exact) mass is 175 g/mol. The van der Waals surface area contributed by atoms with E-state index in [1.165, 1.54) is 0 Å². The van der Waals surface area contributed by atoms with Crippen LogP contribution in [0.25, 0.3) is 0 Å². The highest BCUT2D eigenvalue weighted by Crippen LogP contribution is 2.09. The van der Waals surface area contributed by atoms with Crippen molar-refractivity contribution in [3.63, 3.8) is 0 Å². The Morgan fingerprint density at radius 3 is 2.54 bits per heavy atom. The Hall–Kier alpha value is -1.46. The van der Waals surface area contributed by atoms with Crippen molar-refractivity contribution in [1.82, 2.24) is 0 Å². The fraction of sp³-hybridized carbons (Fsp3) is 0.273. The summed E-state index contributed by atoms with van der Waals surface area (Å²) in [4.78, 5) is 0. The number of hydrogen-bond acceptors (Lipinski definition) is 2. The molecule has 2 N–H and O–H groups in total. The van der Waals surface area contributed by atoms with Gasteiger partial charge in [0.15, 0.2) is 0 Å². The molecule has 0 amide bonds. The minimum Gasteiger partial charge on any atom is -0.497 e. The third-order valence-corrected chi connectivity index (χ3v) is 1.59. The van der Waals surface area contributed by atoms with Crippen LogP contribution in [0.3, 0.4) is 0 Å². The van der Waals surface area contributed by atoms with Gasteiger partial charge in [0, 0.05) is 18.5 Å². The zero-order valence-corrected chi connectivity index (χ0v) is 7.71. The van der Waals surface area contributed by atoms with Gasteiger partial charge < -0.3 is 10.5 Å². The Bertz CT molecular complexity index is 305. The molecule has 1 rings (SSSR count). The lowest BCUT2D eigenvalue weighted by Crippen LogP contribution is -1.95. The molecule has 2 heteroatoms. The highest BCUT2D eigenvalue weighted by atomic mass is 16.5. The second-order valence-corrected chi connectivity index (χ2v) is 2.57. The first-order valence-corrected chi connectivity index (χ1v) is 4.20. The molecular formula is C11H13NO. The molecule has 0 aromatic heterocycles. The van der Waals surface area contributed by atoms with Crippen molar-refractivity contribution in [2.45, 2.75) is 6.42 Å². The van der Waals surface area contributed by atoms with Gasteiger partial charge in [-0.3, -0.25) is 0 Å². The van der Waals surface area contributed by atoms with Crippen LogP contribution in [0.4, 0.5) is 0 Å². The quantitative estimate of drug-likeness (QED) is 0.689. The topological polar surface area (TPSA) is 35.2 Å². The molecule has 0 aliphatic carbocycles. The molecule has 68 valence electrons. The highest BCUT2D eigenvalue weighted by molar-refractivity contribution is 5.38. The number of nitrogens with two attached hydrogens (primary N) is 1. The van der Waals surface area contributed by atoms with E-state index >= 15 is 0 Å². The van der Waals surface area contributed by atoms with Crippen LogP contribution in [0.1, 0.15) is 12.0 Å². The predicted molar refractivity (Wildman–Crippen MR) is 53.5 cm³/mol. The number of methoxy groups -OCH3 is 1. The molecular weight excluding hydrogens is 162 g/mol. The summed E-state index contributed by atoms with van der Waals surface area (Å²) >= 11 is 0. The van der Waals surface area contributed by atoms with Gasteiger partial charge in [0.25, 0.3) is 0 Å².